The molecule has 0 fully saturated rings. The minimum atomic E-state index is -0.264. The zero-order chi connectivity index (χ0) is 15.0. The maximum Gasteiger partial charge on any atom is 0.261 e. The van der Waals surface area contributed by atoms with Gasteiger partial charge in [-0.25, -0.2) is 0 Å². The van der Waals surface area contributed by atoms with Crippen LogP contribution in [0.25, 0.3) is 0 Å². The van der Waals surface area contributed by atoms with Crippen LogP contribution < -0.4 is 5.56 Å². The Morgan fingerprint density at radius 1 is 0.952 bits per heavy atom. The van der Waals surface area contributed by atoms with Crippen molar-refractivity contribution in [3.8, 4) is 0 Å². The number of fused-ring (bicyclic) bond motifs is 1. The fraction of sp³-hybridized carbons (Fsp3) is 0.188. The summed E-state index contributed by atoms with van der Waals surface area (Å²) >= 11 is 0. The number of carbonyl (C=O) groups is 2. The third-order valence-electron chi connectivity index (χ3n) is 3.67. The second kappa shape index (κ2) is 5.01. The van der Waals surface area contributed by atoms with E-state index >= 15 is 0 Å². The number of rotatable bonds is 3. The number of hydrogen-bond donors (Lipinski definition) is 0. The molecule has 0 N–H and O–H groups in total. The third kappa shape index (κ3) is 2.27. The molecule has 0 bridgehead atoms. The average Bonchev–Trinajstić information content (AvgIpc) is 2.73. The Kier molecular flexibility index (Phi) is 3.17. The molecular weight excluding hydrogens is 268 g/mol. The highest BCUT2D eigenvalue weighted by molar-refractivity contribution is 6.21. The SMILES string of the molecule is Cn1ccc(CCN2C(=O)c3ccccc3C2=O)cc1=O. The highest BCUT2D eigenvalue weighted by Crippen LogP contribution is 2.22. The molecule has 5 nitrogen and oxygen atoms in total. The van der Waals surface area contributed by atoms with Crippen molar-refractivity contribution in [3.05, 3.63) is 69.6 Å². The molecule has 0 saturated heterocycles. The van der Waals surface area contributed by atoms with E-state index in [2.05, 4.69) is 0 Å². The molecule has 2 amide bonds. The quantitative estimate of drug-likeness (QED) is 0.795. The van der Waals surface area contributed by atoms with Gasteiger partial charge in [0, 0.05) is 25.9 Å². The molecule has 1 aromatic heterocycles. The lowest BCUT2D eigenvalue weighted by molar-refractivity contribution is 0.0656. The van der Waals surface area contributed by atoms with Crippen LogP contribution in [0, 0.1) is 0 Å². The summed E-state index contributed by atoms with van der Waals surface area (Å²) in [6, 6.07) is 10.2. The average molecular weight is 282 g/mol. The molecule has 1 aromatic carbocycles. The van der Waals surface area contributed by atoms with Crippen molar-refractivity contribution in [3.63, 3.8) is 0 Å². The van der Waals surface area contributed by atoms with E-state index in [1.54, 1.807) is 37.5 Å². The van der Waals surface area contributed by atoms with E-state index in [4.69, 9.17) is 0 Å². The summed E-state index contributed by atoms with van der Waals surface area (Å²) in [6.45, 7) is 0.277. The zero-order valence-electron chi connectivity index (χ0n) is 11.6. The zero-order valence-corrected chi connectivity index (χ0v) is 11.6. The van der Waals surface area contributed by atoms with Crippen molar-refractivity contribution in [1.82, 2.24) is 9.47 Å². The standard InChI is InChI=1S/C16H14N2O3/c1-17-8-6-11(10-14(17)19)7-9-18-15(20)12-4-2-3-5-13(12)16(18)21/h2-6,8,10H,7,9H2,1H3. The molecule has 2 aromatic rings. The van der Waals surface area contributed by atoms with E-state index < -0.39 is 0 Å². The fourth-order valence-corrected chi connectivity index (χ4v) is 2.43. The molecular formula is C16H14N2O3. The predicted molar refractivity (Wildman–Crippen MR) is 77.2 cm³/mol. The first-order valence-corrected chi connectivity index (χ1v) is 6.69. The summed E-state index contributed by atoms with van der Waals surface area (Å²) in [7, 11) is 1.68. The Morgan fingerprint density at radius 3 is 2.14 bits per heavy atom. The summed E-state index contributed by atoms with van der Waals surface area (Å²) in [4.78, 5) is 37.2. The number of pyridine rings is 1. The minimum absolute atomic E-state index is 0.102. The van der Waals surface area contributed by atoms with Crippen molar-refractivity contribution < 1.29 is 9.59 Å². The molecule has 1 aliphatic rings. The monoisotopic (exact) mass is 282 g/mol. The first kappa shape index (κ1) is 13.3. The summed E-state index contributed by atoms with van der Waals surface area (Å²) in [5, 5.41) is 0. The van der Waals surface area contributed by atoms with Crippen LogP contribution in [-0.2, 0) is 13.5 Å². The van der Waals surface area contributed by atoms with Crippen LogP contribution in [0.3, 0.4) is 0 Å². The maximum absolute atomic E-state index is 12.2. The summed E-state index contributed by atoms with van der Waals surface area (Å²) in [6.07, 6.45) is 2.15. The largest absolute Gasteiger partial charge is 0.319 e. The molecule has 21 heavy (non-hydrogen) atoms. The molecule has 0 radical (unpaired) electrons. The van der Waals surface area contributed by atoms with E-state index in [-0.39, 0.29) is 23.9 Å². The molecule has 5 heteroatoms. The lowest BCUT2D eigenvalue weighted by atomic mass is 10.1. The molecule has 3 rings (SSSR count). The second-order valence-corrected chi connectivity index (χ2v) is 5.04. The Hall–Kier alpha value is -2.69. The van der Waals surface area contributed by atoms with Crippen molar-refractivity contribution in [2.75, 3.05) is 6.54 Å². The Morgan fingerprint density at radius 2 is 1.57 bits per heavy atom. The molecule has 0 atom stereocenters. The molecule has 0 saturated carbocycles. The van der Waals surface area contributed by atoms with Crippen LogP contribution in [-0.4, -0.2) is 27.8 Å². The van der Waals surface area contributed by atoms with Gasteiger partial charge in [0.1, 0.15) is 0 Å². The summed E-state index contributed by atoms with van der Waals surface area (Å²) in [5.41, 5.74) is 1.61. The van der Waals surface area contributed by atoms with Crippen LogP contribution in [0.4, 0.5) is 0 Å². The third-order valence-corrected chi connectivity index (χ3v) is 3.67. The van der Waals surface area contributed by atoms with Crippen LogP contribution >= 0.6 is 0 Å². The van der Waals surface area contributed by atoms with Gasteiger partial charge in [0.2, 0.25) is 0 Å². The van der Waals surface area contributed by atoms with Gasteiger partial charge in [-0.2, -0.15) is 0 Å². The summed E-state index contributed by atoms with van der Waals surface area (Å²) < 4.78 is 1.48. The lowest BCUT2D eigenvalue weighted by Crippen LogP contribution is -2.32. The number of amides is 2. The van der Waals surface area contributed by atoms with Gasteiger partial charge in [-0.15, -0.1) is 0 Å². The van der Waals surface area contributed by atoms with Gasteiger partial charge in [-0.3, -0.25) is 19.3 Å². The molecule has 2 heterocycles. The van der Waals surface area contributed by atoms with Crippen molar-refractivity contribution in [1.29, 1.82) is 0 Å². The van der Waals surface area contributed by atoms with Gasteiger partial charge in [-0.05, 0) is 30.2 Å². The van der Waals surface area contributed by atoms with Crippen LogP contribution in [0.15, 0.2) is 47.4 Å². The van der Waals surface area contributed by atoms with Crippen molar-refractivity contribution >= 4 is 11.8 Å². The number of aryl methyl sites for hydroxylation is 1. The van der Waals surface area contributed by atoms with Gasteiger partial charge in [0.05, 0.1) is 11.1 Å². The van der Waals surface area contributed by atoms with E-state index in [9.17, 15) is 14.4 Å². The molecule has 106 valence electrons. The van der Waals surface area contributed by atoms with E-state index in [0.717, 1.165) is 5.56 Å². The van der Waals surface area contributed by atoms with Gasteiger partial charge in [-0.1, -0.05) is 12.1 Å². The van der Waals surface area contributed by atoms with Crippen LogP contribution in [0.2, 0.25) is 0 Å². The maximum atomic E-state index is 12.2. The van der Waals surface area contributed by atoms with Crippen LogP contribution in [0.5, 0.6) is 0 Å². The van der Waals surface area contributed by atoms with Crippen LogP contribution in [0.1, 0.15) is 26.3 Å². The van der Waals surface area contributed by atoms with Gasteiger partial charge < -0.3 is 4.57 Å². The van der Waals surface area contributed by atoms with Gasteiger partial charge in [0.15, 0.2) is 0 Å². The van der Waals surface area contributed by atoms with E-state index in [1.807, 2.05) is 6.07 Å². The first-order valence-electron chi connectivity index (χ1n) is 6.69. The number of imide groups is 1. The Bertz CT molecular complexity index is 757. The highest BCUT2D eigenvalue weighted by Gasteiger charge is 2.34. The van der Waals surface area contributed by atoms with E-state index in [0.29, 0.717) is 17.5 Å². The molecule has 0 aliphatic carbocycles. The number of aromatic nitrogens is 1. The number of hydrogen-bond acceptors (Lipinski definition) is 3. The molecule has 0 spiro atoms. The Labute approximate surface area is 121 Å². The van der Waals surface area contributed by atoms with Crippen molar-refractivity contribution in [2.24, 2.45) is 7.05 Å². The molecule has 0 unspecified atom stereocenters. The smallest absolute Gasteiger partial charge is 0.261 e. The van der Waals surface area contributed by atoms with Gasteiger partial charge >= 0.3 is 0 Å². The number of nitrogens with zero attached hydrogens (tertiary/aromatic N) is 2. The second-order valence-electron chi connectivity index (χ2n) is 5.04. The minimum Gasteiger partial charge on any atom is -0.319 e. The Balaban J connectivity index is 1.78. The summed E-state index contributed by atoms with van der Waals surface area (Å²) in [5.74, 6) is -0.529. The van der Waals surface area contributed by atoms with E-state index in [1.165, 1.54) is 15.5 Å². The number of carbonyl (C=O) groups excluding carboxylic acids is 2. The molecule has 1 aliphatic heterocycles. The first-order chi connectivity index (χ1) is 10.1. The highest BCUT2D eigenvalue weighted by atomic mass is 16.2. The number of benzene rings is 1. The van der Waals surface area contributed by atoms with Gasteiger partial charge in [0.25, 0.3) is 17.4 Å². The van der Waals surface area contributed by atoms with Crippen molar-refractivity contribution in [2.45, 2.75) is 6.42 Å². The topological polar surface area (TPSA) is 59.4 Å². The predicted octanol–water partition coefficient (Wildman–Crippen LogP) is 1.22. The fourth-order valence-electron chi connectivity index (χ4n) is 2.43. The lowest BCUT2D eigenvalue weighted by Gasteiger charge is -2.13. The normalized spacial score (nSPS) is 13.7.